The zero-order chi connectivity index (χ0) is 9.19. The molecular weight excluding hydrogens is 176 g/mol. The van der Waals surface area contributed by atoms with E-state index in [0.29, 0.717) is 0 Å². The van der Waals surface area contributed by atoms with Crippen LogP contribution in [0.3, 0.4) is 0 Å². The first kappa shape index (κ1) is 8.68. The maximum Gasteiger partial charge on any atom is 0.269 e. The van der Waals surface area contributed by atoms with Crippen LogP contribution >= 0.6 is 0 Å². The van der Waals surface area contributed by atoms with Crippen molar-refractivity contribution in [3.8, 4) is 0 Å². The molecule has 0 radical (unpaired) electrons. The third-order valence-electron chi connectivity index (χ3n) is 1.26. The normalized spacial score (nSPS) is 10.7. The molecule has 1 aromatic heterocycles. The van der Waals surface area contributed by atoms with Crippen molar-refractivity contribution in [1.29, 1.82) is 0 Å². The molecule has 12 heavy (non-hydrogen) atoms. The molecule has 4 nitrogen and oxygen atoms in total. The average molecular weight is 182 g/mol. The van der Waals surface area contributed by atoms with Crippen molar-refractivity contribution in [2.24, 2.45) is 0 Å². The molecule has 5 heteroatoms. The molecule has 0 bridgehead atoms. The SMILES string of the molecule is [C-]#[N+]c1ccc(S(C)(=O)=O)cn1. The Morgan fingerprint density at radius 2 is 2.17 bits per heavy atom. The van der Waals surface area contributed by atoms with E-state index in [9.17, 15) is 8.42 Å². The molecule has 0 N–H and O–H groups in total. The van der Waals surface area contributed by atoms with Gasteiger partial charge in [-0.3, -0.25) is 0 Å². The van der Waals surface area contributed by atoms with Crippen LogP contribution in [0.4, 0.5) is 5.82 Å². The summed E-state index contributed by atoms with van der Waals surface area (Å²) in [5, 5.41) is 0. The van der Waals surface area contributed by atoms with Gasteiger partial charge in [0.25, 0.3) is 5.82 Å². The van der Waals surface area contributed by atoms with Gasteiger partial charge in [-0.25, -0.2) is 8.42 Å². The van der Waals surface area contributed by atoms with E-state index in [4.69, 9.17) is 6.57 Å². The molecule has 0 saturated heterocycles. The van der Waals surface area contributed by atoms with Gasteiger partial charge in [0.15, 0.2) is 9.84 Å². The van der Waals surface area contributed by atoms with Crippen LogP contribution in [0.1, 0.15) is 0 Å². The third-order valence-corrected chi connectivity index (χ3v) is 2.36. The summed E-state index contributed by atoms with van der Waals surface area (Å²) >= 11 is 0. The molecule has 62 valence electrons. The number of aromatic nitrogens is 1. The molecule has 1 rings (SSSR count). The number of hydrogen-bond acceptors (Lipinski definition) is 3. The van der Waals surface area contributed by atoms with Crippen molar-refractivity contribution in [3.63, 3.8) is 0 Å². The smallest absolute Gasteiger partial charge is 0.269 e. The quantitative estimate of drug-likeness (QED) is 0.609. The monoisotopic (exact) mass is 182 g/mol. The van der Waals surface area contributed by atoms with Gasteiger partial charge in [-0.1, -0.05) is 6.57 Å². The Morgan fingerprint density at radius 1 is 1.50 bits per heavy atom. The summed E-state index contributed by atoms with van der Waals surface area (Å²) in [4.78, 5) is 6.80. The van der Waals surface area contributed by atoms with E-state index in [1.165, 1.54) is 18.3 Å². The summed E-state index contributed by atoms with van der Waals surface area (Å²) in [5.74, 6) is 0.197. The second kappa shape index (κ2) is 2.91. The minimum Gasteiger partial charge on any atom is -0.361 e. The van der Waals surface area contributed by atoms with E-state index in [1.807, 2.05) is 0 Å². The molecule has 1 heterocycles. The number of hydrogen-bond donors (Lipinski definition) is 0. The molecule has 0 aromatic carbocycles. The maximum absolute atomic E-state index is 10.9. The Labute approximate surface area is 70.6 Å². The lowest BCUT2D eigenvalue weighted by molar-refractivity contribution is 0.601. The van der Waals surface area contributed by atoms with E-state index < -0.39 is 9.84 Å². The van der Waals surface area contributed by atoms with Crippen LogP contribution < -0.4 is 0 Å². The lowest BCUT2D eigenvalue weighted by Crippen LogP contribution is -1.96. The van der Waals surface area contributed by atoms with Gasteiger partial charge in [0, 0.05) is 6.26 Å². The first-order valence-electron chi connectivity index (χ1n) is 3.07. The molecule has 0 fully saturated rings. The summed E-state index contributed by atoms with van der Waals surface area (Å²) in [7, 11) is -3.19. The minimum atomic E-state index is -3.19. The van der Waals surface area contributed by atoms with Gasteiger partial charge in [-0.2, -0.15) is 0 Å². The zero-order valence-electron chi connectivity index (χ0n) is 6.35. The highest BCUT2D eigenvalue weighted by Gasteiger charge is 2.07. The summed E-state index contributed by atoms with van der Waals surface area (Å²) in [5.41, 5.74) is 0. The lowest BCUT2D eigenvalue weighted by atomic mass is 10.5. The fraction of sp³-hybridized carbons (Fsp3) is 0.143. The van der Waals surface area contributed by atoms with Gasteiger partial charge in [0.1, 0.15) is 11.1 Å². The first-order chi connectivity index (χ1) is 5.54. The molecule has 1 aromatic rings. The third kappa shape index (κ3) is 1.80. The molecule has 0 aliphatic heterocycles. The maximum atomic E-state index is 10.9. The summed E-state index contributed by atoms with van der Waals surface area (Å²) in [6.07, 6.45) is 2.28. The molecule has 0 unspecified atom stereocenters. The predicted octanol–water partition coefficient (Wildman–Crippen LogP) is 1.04. The van der Waals surface area contributed by atoms with Gasteiger partial charge in [-0.15, -0.1) is 4.98 Å². The van der Waals surface area contributed by atoms with Crippen molar-refractivity contribution in [2.45, 2.75) is 4.90 Å². The fourth-order valence-corrected chi connectivity index (χ4v) is 1.22. The zero-order valence-corrected chi connectivity index (χ0v) is 7.17. The second-order valence-electron chi connectivity index (χ2n) is 2.24. The fourth-order valence-electron chi connectivity index (χ4n) is 0.658. The van der Waals surface area contributed by atoms with E-state index in [0.717, 1.165) is 6.26 Å². The molecule has 0 amide bonds. The molecule has 0 aliphatic rings. The van der Waals surface area contributed by atoms with Crippen LogP contribution in [0.25, 0.3) is 4.85 Å². The summed E-state index contributed by atoms with van der Waals surface area (Å²) < 4.78 is 21.8. The Kier molecular flexibility index (Phi) is 2.11. The van der Waals surface area contributed by atoms with Crippen LogP contribution in [0, 0.1) is 6.57 Å². The summed E-state index contributed by atoms with van der Waals surface area (Å²) in [6.45, 7) is 6.58. The van der Waals surface area contributed by atoms with Gasteiger partial charge in [-0.05, 0) is 12.1 Å². The van der Waals surface area contributed by atoms with Crippen LogP contribution in [0.5, 0.6) is 0 Å². The van der Waals surface area contributed by atoms with Crippen LogP contribution in [0.2, 0.25) is 0 Å². The molecule has 0 aliphatic carbocycles. The topological polar surface area (TPSA) is 51.4 Å². The van der Waals surface area contributed by atoms with Gasteiger partial charge >= 0.3 is 0 Å². The molecule has 0 saturated carbocycles. The van der Waals surface area contributed by atoms with Crippen molar-refractivity contribution < 1.29 is 8.42 Å². The molecular formula is C7H6N2O2S. The highest BCUT2D eigenvalue weighted by molar-refractivity contribution is 7.90. The largest absolute Gasteiger partial charge is 0.361 e. The second-order valence-corrected chi connectivity index (χ2v) is 4.25. The first-order valence-corrected chi connectivity index (χ1v) is 4.97. The van der Waals surface area contributed by atoms with Gasteiger partial charge in [0.2, 0.25) is 0 Å². The Bertz CT molecular complexity index is 414. The standard InChI is InChI=1S/C7H6N2O2S/c1-8-7-4-3-6(5-9-7)12(2,10)11/h3-5H,2H3. The van der Waals surface area contributed by atoms with Crippen LogP contribution in [-0.2, 0) is 9.84 Å². The molecule has 0 spiro atoms. The van der Waals surface area contributed by atoms with Crippen molar-refractivity contribution in [1.82, 2.24) is 4.98 Å². The highest BCUT2D eigenvalue weighted by Crippen LogP contribution is 2.11. The van der Waals surface area contributed by atoms with Crippen molar-refractivity contribution in [3.05, 3.63) is 29.7 Å². The Balaban J connectivity index is 3.20. The van der Waals surface area contributed by atoms with Crippen molar-refractivity contribution >= 4 is 15.7 Å². The Morgan fingerprint density at radius 3 is 2.50 bits per heavy atom. The Hall–Kier alpha value is -1.41. The lowest BCUT2D eigenvalue weighted by Gasteiger charge is -1.93. The van der Waals surface area contributed by atoms with Gasteiger partial charge < -0.3 is 4.85 Å². The minimum absolute atomic E-state index is 0.134. The number of rotatable bonds is 1. The molecule has 0 atom stereocenters. The highest BCUT2D eigenvalue weighted by atomic mass is 32.2. The van der Waals surface area contributed by atoms with E-state index in [2.05, 4.69) is 9.83 Å². The number of nitrogens with zero attached hydrogens (tertiary/aromatic N) is 2. The van der Waals surface area contributed by atoms with Crippen molar-refractivity contribution in [2.75, 3.05) is 6.26 Å². The number of pyridine rings is 1. The van der Waals surface area contributed by atoms with Gasteiger partial charge in [0.05, 0.1) is 0 Å². The van der Waals surface area contributed by atoms with E-state index >= 15 is 0 Å². The number of sulfone groups is 1. The van der Waals surface area contributed by atoms with Crippen LogP contribution in [-0.4, -0.2) is 19.7 Å². The average Bonchev–Trinajstić information content (AvgIpc) is 2.03. The summed E-state index contributed by atoms with van der Waals surface area (Å²) in [6, 6.07) is 2.75. The van der Waals surface area contributed by atoms with Crippen LogP contribution in [0.15, 0.2) is 23.2 Å². The predicted molar refractivity (Wildman–Crippen MR) is 43.6 cm³/mol. The van der Waals surface area contributed by atoms with E-state index in [-0.39, 0.29) is 10.7 Å². The van der Waals surface area contributed by atoms with E-state index in [1.54, 1.807) is 0 Å².